The first-order chi connectivity index (χ1) is 17.1. The summed E-state index contributed by atoms with van der Waals surface area (Å²) in [5, 5.41) is 33.8. The van der Waals surface area contributed by atoms with Crippen LogP contribution in [0.3, 0.4) is 0 Å². The van der Waals surface area contributed by atoms with Gasteiger partial charge in [-0.2, -0.15) is 0 Å². The molecule has 3 aromatic rings. The van der Waals surface area contributed by atoms with E-state index in [1.165, 1.54) is 22.5 Å². The van der Waals surface area contributed by atoms with Gasteiger partial charge in [0, 0.05) is 36.7 Å². The van der Waals surface area contributed by atoms with E-state index >= 15 is 0 Å². The van der Waals surface area contributed by atoms with Crippen LogP contribution in [0.4, 0.5) is 11.4 Å². The van der Waals surface area contributed by atoms with Gasteiger partial charge in [0.05, 0.1) is 12.8 Å². The number of carbonyl (C=O) groups is 3. The fraction of sp³-hybridized carbons (Fsp3) is 0.222. The van der Waals surface area contributed by atoms with Gasteiger partial charge in [-0.3, -0.25) is 9.59 Å². The molecule has 0 aromatic heterocycles. The molecule has 9 nitrogen and oxygen atoms in total. The Morgan fingerprint density at radius 2 is 1.19 bits per heavy atom. The highest BCUT2D eigenvalue weighted by atomic mass is 16.5. The summed E-state index contributed by atoms with van der Waals surface area (Å²) in [5.41, 5.74) is 2.53. The predicted octanol–water partition coefficient (Wildman–Crippen LogP) is 3.46. The van der Waals surface area contributed by atoms with Gasteiger partial charge >= 0.3 is 17.9 Å². The molecule has 188 valence electrons. The summed E-state index contributed by atoms with van der Waals surface area (Å²) in [4.78, 5) is 32.7. The van der Waals surface area contributed by atoms with Gasteiger partial charge in [-0.05, 0) is 17.7 Å². The topological polar surface area (TPSA) is 145 Å². The van der Waals surface area contributed by atoms with Crippen molar-refractivity contribution in [2.45, 2.75) is 24.0 Å². The number of methoxy groups -OCH3 is 1. The van der Waals surface area contributed by atoms with Crippen molar-refractivity contribution >= 4 is 29.3 Å². The third-order valence-corrected chi connectivity index (χ3v) is 6.06. The van der Waals surface area contributed by atoms with E-state index in [2.05, 4.69) is 84.7 Å². The number of ether oxygens (including phenoxy) is 1. The van der Waals surface area contributed by atoms with Gasteiger partial charge in [0.1, 0.15) is 5.60 Å². The zero-order chi connectivity index (χ0) is 26.5. The van der Waals surface area contributed by atoms with Crippen LogP contribution in [0.15, 0.2) is 78.9 Å². The molecule has 0 atom stereocenters. The highest BCUT2D eigenvalue weighted by molar-refractivity contribution is 5.88. The normalized spacial score (nSPS) is 13.5. The Bertz CT molecular complexity index is 1190. The van der Waals surface area contributed by atoms with E-state index in [1.54, 1.807) is 7.11 Å². The van der Waals surface area contributed by atoms with Crippen LogP contribution in [-0.4, -0.2) is 58.1 Å². The molecule has 0 saturated carbocycles. The maximum Gasteiger partial charge on any atom is 0.336 e. The Hall–Kier alpha value is -4.21. The Morgan fingerprint density at radius 1 is 0.778 bits per heavy atom. The number of carboxylic acids is 3. The number of carboxylic acid groups (broad SMARTS) is 3. The standard InChI is InChI=1S/C21H19NO.C6H8O7/c1-22-19-14-8-6-12-17(19)21(23-2,16-10-4-3-5-11-16)18-13-7-9-15-20(18)22;7-3(8)1-6(13,5(11)12)2-4(9)10/h3-15H,1-2H3;13H,1-2H2,(H,7,8)(H,9,10)(H,11,12). The summed E-state index contributed by atoms with van der Waals surface area (Å²) in [7, 11) is 3.91. The number of anilines is 2. The molecular formula is C27H27NO8. The lowest BCUT2D eigenvalue weighted by atomic mass is 9.76. The van der Waals surface area contributed by atoms with Crippen molar-refractivity contribution in [1.29, 1.82) is 0 Å². The van der Waals surface area contributed by atoms with Crippen LogP contribution in [0, 0.1) is 0 Å². The average Bonchev–Trinajstić information content (AvgIpc) is 2.85. The summed E-state index contributed by atoms with van der Waals surface area (Å²) in [6.45, 7) is 0. The van der Waals surface area contributed by atoms with Gasteiger partial charge in [-0.25, -0.2) is 4.79 Å². The molecule has 0 fully saturated rings. The van der Waals surface area contributed by atoms with E-state index < -0.39 is 42.0 Å². The molecule has 0 radical (unpaired) electrons. The first-order valence-electron chi connectivity index (χ1n) is 11.0. The molecule has 0 spiro atoms. The van der Waals surface area contributed by atoms with E-state index in [9.17, 15) is 14.4 Å². The van der Waals surface area contributed by atoms with Crippen molar-refractivity contribution in [3.8, 4) is 0 Å². The second-order valence-corrected chi connectivity index (χ2v) is 8.32. The molecule has 1 aliphatic heterocycles. The van der Waals surface area contributed by atoms with Crippen molar-refractivity contribution < 1.29 is 39.5 Å². The first-order valence-corrected chi connectivity index (χ1v) is 11.0. The molecule has 36 heavy (non-hydrogen) atoms. The van der Waals surface area contributed by atoms with E-state index in [4.69, 9.17) is 25.2 Å². The summed E-state index contributed by atoms with van der Waals surface area (Å²) in [6, 6.07) is 27.4. The second-order valence-electron chi connectivity index (χ2n) is 8.32. The first kappa shape index (κ1) is 26.4. The molecule has 1 heterocycles. The van der Waals surface area contributed by atoms with Gasteiger partial charge in [0.15, 0.2) is 5.60 Å². The molecule has 0 unspecified atom stereocenters. The number of hydrogen-bond acceptors (Lipinski definition) is 6. The molecule has 4 rings (SSSR count). The zero-order valence-corrected chi connectivity index (χ0v) is 19.8. The smallest absolute Gasteiger partial charge is 0.336 e. The Balaban J connectivity index is 0.000000240. The van der Waals surface area contributed by atoms with Crippen molar-refractivity contribution in [2.75, 3.05) is 19.1 Å². The highest BCUT2D eigenvalue weighted by Crippen LogP contribution is 2.51. The molecule has 9 heteroatoms. The van der Waals surface area contributed by atoms with Crippen molar-refractivity contribution in [1.82, 2.24) is 0 Å². The molecule has 3 aromatic carbocycles. The number of aliphatic hydroxyl groups is 1. The fourth-order valence-electron chi connectivity index (χ4n) is 4.44. The molecule has 0 amide bonds. The zero-order valence-electron chi connectivity index (χ0n) is 19.8. The predicted molar refractivity (Wildman–Crippen MR) is 131 cm³/mol. The van der Waals surface area contributed by atoms with E-state index in [1.807, 2.05) is 6.07 Å². The lowest BCUT2D eigenvalue weighted by Crippen LogP contribution is -2.42. The van der Waals surface area contributed by atoms with Crippen LogP contribution < -0.4 is 4.90 Å². The monoisotopic (exact) mass is 493 g/mol. The summed E-state index contributed by atoms with van der Waals surface area (Å²) in [5.74, 6) is -5.02. The number of aliphatic carboxylic acids is 3. The second kappa shape index (κ2) is 10.6. The minimum Gasteiger partial charge on any atom is -0.481 e. The lowest BCUT2D eigenvalue weighted by Gasteiger charge is -2.43. The number of rotatable bonds is 7. The van der Waals surface area contributed by atoms with Crippen LogP contribution in [0.1, 0.15) is 29.5 Å². The van der Waals surface area contributed by atoms with Gasteiger partial charge in [0.2, 0.25) is 0 Å². The number of hydrogen-bond donors (Lipinski definition) is 4. The quantitative estimate of drug-likeness (QED) is 0.389. The van der Waals surface area contributed by atoms with Crippen molar-refractivity contribution in [2.24, 2.45) is 0 Å². The van der Waals surface area contributed by atoms with Crippen LogP contribution in [0.2, 0.25) is 0 Å². The molecule has 0 aliphatic carbocycles. The average molecular weight is 494 g/mol. The molecule has 4 N–H and O–H groups in total. The Kier molecular flexibility index (Phi) is 7.77. The molecule has 0 bridgehead atoms. The maximum absolute atomic E-state index is 10.3. The fourth-order valence-corrected chi connectivity index (χ4v) is 4.44. The summed E-state index contributed by atoms with van der Waals surface area (Å²) < 4.78 is 6.24. The van der Waals surface area contributed by atoms with Crippen molar-refractivity contribution in [3.63, 3.8) is 0 Å². The third kappa shape index (κ3) is 4.93. The number of para-hydroxylation sites is 2. The van der Waals surface area contributed by atoms with Gasteiger partial charge in [0.25, 0.3) is 0 Å². The van der Waals surface area contributed by atoms with Crippen molar-refractivity contribution in [3.05, 3.63) is 95.6 Å². The highest BCUT2D eigenvalue weighted by Gasteiger charge is 2.44. The van der Waals surface area contributed by atoms with Crippen LogP contribution >= 0.6 is 0 Å². The number of fused-ring (bicyclic) bond motifs is 2. The van der Waals surface area contributed by atoms with Gasteiger partial charge in [-0.15, -0.1) is 0 Å². The largest absolute Gasteiger partial charge is 0.481 e. The molecule has 0 saturated heterocycles. The van der Waals surface area contributed by atoms with Gasteiger partial charge in [-0.1, -0.05) is 66.7 Å². The lowest BCUT2D eigenvalue weighted by molar-refractivity contribution is -0.170. The minimum atomic E-state index is -2.74. The summed E-state index contributed by atoms with van der Waals surface area (Å²) >= 11 is 0. The number of nitrogens with zero attached hydrogens (tertiary/aromatic N) is 1. The summed E-state index contributed by atoms with van der Waals surface area (Å²) in [6.07, 6.45) is -2.29. The molecule has 1 aliphatic rings. The Morgan fingerprint density at radius 3 is 1.58 bits per heavy atom. The van der Waals surface area contributed by atoms with Gasteiger partial charge < -0.3 is 30.1 Å². The van der Waals surface area contributed by atoms with E-state index in [0.29, 0.717) is 0 Å². The maximum atomic E-state index is 10.3. The SMILES string of the molecule is COC1(c2ccccc2)c2ccccc2N(C)c2ccccc21.O=C(O)CC(O)(CC(=O)O)C(=O)O. The third-order valence-electron chi connectivity index (χ3n) is 6.06. The van der Waals surface area contributed by atoms with E-state index in [-0.39, 0.29) is 0 Å². The van der Waals surface area contributed by atoms with Crippen LogP contribution in [-0.2, 0) is 24.7 Å². The van der Waals surface area contributed by atoms with Crippen LogP contribution in [0.5, 0.6) is 0 Å². The number of benzene rings is 3. The minimum absolute atomic E-state index is 0.582. The van der Waals surface area contributed by atoms with Crippen LogP contribution in [0.25, 0.3) is 0 Å². The van der Waals surface area contributed by atoms with E-state index in [0.717, 1.165) is 5.56 Å². The molecular weight excluding hydrogens is 466 g/mol. The Labute approximate surface area is 207 Å².